The Morgan fingerprint density at radius 3 is 2.42 bits per heavy atom. The second kappa shape index (κ2) is 7.95. The highest BCUT2D eigenvalue weighted by Gasteiger charge is 2.23. The first kappa shape index (κ1) is 15.7. The fourth-order valence-electron chi connectivity index (χ4n) is 2.10. The summed E-state index contributed by atoms with van der Waals surface area (Å²) in [5.74, 6) is 0.0695. The molecule has 1 amide bonds. The van der Waals surface area contributed by atoms with Gasteiger partial charge in [-0.05, 0) is 25.3 Å². The van der Waals surface area contributed by atoms with Crippen molar-refractivity contribution < 1.29 is 4.79 Å². The molecule has 0 aliphatic carbocycles. The minimum atomic E-state index is -0.372. The minimum absolute atomic E-state index is 0.0695. The molecular formula is C16H26N2O. The van der Waals surface area contributed by atoms with Crippen molar-refractivity contribution in [3.8, 4) is 0 Å². The molecule has 0 radical (unpaired) electrons. The molecule has 1 aromatic carbocycles. The standard InChI is InChI=1S/C16H26N2O/c1-4-9-15(17)16(19)18(13(3)5-2)12-14-10-7-6-8-11-14/h6-8,10-11,13,15H,4-5,9,12,17H2,1-3H3. The van der Waals surface area contributed by atoms with Crippen molar-refractivity contribution in [2.24, 2.45) is 5.73 Å². The normalized spacial score (nSPS) is 13.9. The van der Waals surface area contributed by atoms with Crippen LogP contribution in [-0.2, 0) is 11.3 Å². The number of hydrogen-bond acceptors (Lipinski definition) is 2. The molecule has 3 nitrogen and oxygen atoms in total. The second-order valence-corrected chi connectivity index (χ2v) is 5.10. The summed E-state index contributed by atoms with van der Waals surface area (Å²) in [5.41, 5.74) is 7.14. The van der Waals surface area contributed by atoms with Crippen molar-refractivity contribution in [2.45, 2.75) is 58.7 Å². The van der Waals surface area contributed by atoms with Gasteiger partial charge in [0.2, 0.25) is 5.91 Å². The monoisotopic (exact) mass is 262 g/mol. The number of carbonyl (C=O) groups is 1. The van der Waals surface area contributed by atoms with Gasteiger partial charge in [-0.3, -0.25) is 4.79 Å². The molecule has 106 valence electrons. The van der Waals surface area contributed by atoms with Crippen molar-refractivity contribution in [1.29, 1.82) is 0 Å². The van der Waals surface area contributed by atoms with Crippen LogP contribution in [0.3, 0.4) is 0 Å². The third kappa shape index (κ3) is 4.67. The molecule has 0 spiro atoms. The van der Waals surface area contributed by atoms with Crippen LogP contribution in [0.5, 0.6) is 0 Å². The van der Waals surface area contributed by atoms with Crippen LogP contribution in [0.2, 0.25) is 0 Å². The molecule has 0 heterocycles. The number of amides is 1. The van der Waals surface area contributed by atoms with Crippen LogP contribution >= 0.6 is 0 Å². The fraction of sp³-hybridized carbons (Fsp3) is 0.562. The number of rotatable bonds is 7. The van der Waals surface area contributed by atoms with Crippen molar-refractivity contribution in [3.63, 3.8) is 0 Å². The molecule has 2 unspecified atom stereocenters. The van der Waals surface area contributed by atoms with E-state index in [0.717, 1.165) is 24.8 Å². The smallest absolute Gasteiger partial charge is 0.240 e. The van der Waals surface area contributed by atoms with Gasteiger partial charge in [-0.25, -0.2) is 0 Å². The maximum atomic E-state index is 12.4. The lowest BCUT2D eigenvalue weighted by atomic mass is 10.1. The van der Waals surface area contributed by atoms with E-state index in [9.17, 15) is 4.79 Å². The lowest BCUT2D eigenvalue weighted by molar-refractivity contribution is -0.135. The fourth-order valence-corrected chi connectivity index (χ4v) is 2.10. The van der Waals surface area contributed by atoms with Crippen LogP contribution < -0.4 is 5.73 Å². The summed E-state index contributed by atoms with van der Waals surface area (Å²) in [4.78, 5) is 14.4. The third-order valence-electron chi connectivity index (χ3n) is 3.52. The van der Waals surface area contributed by atoms with Gasteiger partial charge >= 0.3 is 0 Å². The Hall–Kier alpha value is -1.35. The summed E-state index contributed by atoms with van der Waals surface area (Å²) in [5, 5.41) is 0. The van der Waals surface area contributed by atoms with Crippen molar-refractivity contribution in [3.05, 3.63) is 35.9 Å². The first-order valence-electron chi connectivity index (χ1n) is 7.20. The highest BCUT2D eigenvalue weighted by Crippen LogP contribution is 2.13. The topological polar surface area (TPSA) is 46.3 Å². The van der Waals surface area contributed by atoms with E-state index in [-0.39, 0.29) is 18.0 Å². The molecule has 0 bridgehead atoms. The van der Waals surface area contributed by atoms with E-state index in [4.69, 9.17) is 5.73 Å². The highest BCUT2D eigenvalue weighted by molar-refractivity contribution is 5.81. The van der Waals surface area contributed by atoms with Gasteiger partial charge in [0.1, 0.15) is 0 Å². The number of nitrogens with two attached hydrogens (primary N) is 1. The molecule has 2 N–H and O–H groups in total. The zero-order chi connectivity index (χ0) is 14.3. The van der Waals surface area contributed by atoms with Crippen molar-refractivity contribution in [1.82, 2.24) is 4.90 Å². The molecule has 0 fully saturated rings. The quantitative estimate of drug-likeness (QED) is 0.821. The molecule has 0 saturated heterocycles. The van der Waals surface area contributed by atoms with Crippen molar-refractivity contribution in [2.75, 3.05) is 0 Å². The van der Waals surface area contributed by atoms with Crippen LogP contribution in [0, 0.1) is 0 Å². The summed E-state index contributed by atoms with van der Waals surface area (Å²) in [6.07, 6.45) is 2.63. The van der Waals surface area contributed by atoms with Gasteiger partial charge in [0.05, 0.1) is 6.04 Å². The maximum absolute atomic E-state index is 12.4. The predicted molar refractivity (Wildman–Crippen MR) is 79.6 cm³/mol. The molecule has 1 aromatic rings. The lowest BCUT2D eigenvalue weighted by Gasteiger charge is -2.31. The van der Waals surface area contributed by atoms with E-state index in [1.54, 1.807) is 0 Å². The van der Waals surface area contributed by atoms with E-state index in [1.165, 1.54) is 0 Å². The Bertz CT molecular complexity index is 378. The number of carbonyl (C=O) groups excluding carboxylic acids is 1. The van der Waals surface area contributed by atoms with Gasteiger partial charge in [0, 0.05) is 12.6 Å². The van der Waals surface area contributed by atoms with Gasteiger partial charge in [-0.1, -0.05) is 50.6 Å². The van der Waals surface area contributed by atoms with Crippen LogP contribution in [0.4, 0.5) is 0 Å². The second-order valence-electron chi connectivity index (χ2n) is 5.10. The van der Waals surface area contributed by atoms with Gasteiger partial charge in [-0.2, -0.15) is 0 Å². The van der Waals surface area contributed by atoms with Gasteiger partial charge in [-0.15, -0.1) is 0 Å². The molecule has 0 saturated carbocycles. The average molecular weight is 262 g/mol. The number of hydrogen-bond donors (Lipinski definition) is 1. The molecule has 3 heteroatoms. The van der Waals surface area contributed by atoms with E-state index < -0.39 is 0 Å². The van der Waals surface area contributed by atoms with E-state index in [2.05, 4.69) is 20.8 Å². The Kier molecular flexibility index (Phi) is 6.57. The van der Waals surface area contributed by atoms with Crippen LogP contribution in [0.1, 0.15) is 45.6 Å². The molecule has 2 atom stereocenters. The van der Waals surface area contributed by atoms with Crippen LogP contribution in [0.15, 0.2) is 30.3 Å². The largest absolute Gasteiger partial charge is 0.334 e. The summed E-state index contributed by atoms with van der Waals surface area (Å²) < 4.78 is 0. The summed E-state index contributed by atoms with van der Waals surface area (Å²) in [6.45, 7) is 6.88. The Morgan fingerprint density at radius 2 is 1.89 bits per heavy atom. The van der Waals surface area contributed by atoms with Gasteiger partial charge in [0.25, 0.3) is 0 Å². The molecular weight excluding hydrogens is 236 g/mol. The van der Waals surface area contributed by atoms with Crippen LogP contribution in [-0.4, -0.2) is 22.9 Å². The predicted octanol–water partition coefficient (Wildman–Crippen LogP) is 2.94. The molecule has 19 heavy (non-hydrogen) atoms. The van der Waals surface area contributed by atoms with E-state index in [1.807, 2.05) is 35.2 Å². The van der Waals surface area contributed by atoms with Gasteiger partial charge in [0.15, 0.2) is 0 Å². The molecule has 0 aliphatic rings. The van der Waals surface area contributed by atoms with E-state index in [0.29, 0.717) is 6.54 Å². The Morgan fingerprint density at radius 1 is 1.26 bits per heavy atom. The Labute approximate surface area is 116 Å². The molecule has 0 aliphatic heterocycles. The third-order valence-corrected chi connectivity index (χ3v) is 3.52. The van der Waals surface area contributed by atoms with Crippen LogP contribution in [0.25, 0.3) is 0 Å². The summed E-state index contributed by atoms with van der Waals surface area (Å²) >= 11 is 0. The number of nitrogens with zero attached hydrogens (tertiary/aromatic N) is 1. The minimum Gasteiger partial charge on any atom is -0.334 e. The first-order valence-corrected chi connectivity index (χ1v) is 7.20. The molecule has 1 rings (SSSR count). The zero-order valence-corrected chi connectivity index (χ0v) is 12.3. The van der Waals surface area contributed by atoms with Crippen molar-refractivity contribution >= 4 is 5.91 Å². The zero-order valence-electron chi connectivity index (χ0n) is 12.3. The maximum Gasteiger partial charge on any atom is 0.240 e. The number of benzene rings is 1. The lowest BCUT2D eigenvalue weighted by Crippen LogP contribution is -2.47. The van der Waals surface area contributed by atoms with Gasteiger partial charge < -0.3 is 10.6 Å². The van der Waals surface area contributed by atoms with E-state index >= 15 is 0 Å². The molecule has 0 aromatic heterocycles. The first-order chi connectivity index (χ1) is 9.10. The highest BCUT2D eigenvalue weighted by atomic mass is 16.2. The summed E-state index contributed by atoms with van der Waals surface area (Å²) in [7, 11) is 0. The summed E-state index contributed by atoms with van der Waals surface area (Å²) in [6, 6.07) is 9.93. The SMILES string of the molecule is CCCC(N)C(=O)N(Cc1ccccc1)C(C)CC. The Balaban J connectivity index is 2.80. The average Bonchev–Trinajstić information content (AvgIpc) is 2.44.